The molecule has 4 nitrogen and oxygen atoms in total. The minimum absolute atomic E-state index is 0.00421. The molecule has 1 N–H and O–H groups in total. The van der Waals surface area contributed by atoms with Crippen LogP contribution >= 0.6 is 0 Å². The Balaban J connectivity index is 3.42. The Hall–Kier alpha value is -0.900. The average molecular weight is 201 g/mol. The van der Waals surface area contributed by atoms with Crippen LogP contribution in [0.1, 0.15) is 26.2 Å². The highest BCUT2D eigenvalue weighted by atomic mass is 16.1. The number of amides is 1. The van der Waals surface area contributed by atoms with Crippen LogP contribution in [0.25, 0.3) is 0 Å². The topological polar surface area (TPSA) is 49.4 Å². The second-order valence-corrected chi connectivity index (χ2v) is 3.65. The van der Waals surface area contributed by atoms with Gasteiger partial charge in [0.1, 0.15) is 6.29 Å². The van der Waals surface area contributed by atoms with Gasteiger partial charge in [0.05, 0.1) is 6.04 Å². The van der Waals surface area contributed by atoms with Gasteiger partial charge in [0.25, 0.3) is 0 Å². The number of rotatable bonds is 7. The summed E-state index contributed by atoms with van der Waals surface area (Å²) in [5, 5.41) is 2.73. The molecule has 4 heteroatoms. The normalized spacial score (nSPS) is 12.6. The van der Waals surface area contributed by atoms with E-state index in [0.29, 0.717) is 6.54 Å². The molecule has 0 bridgehead atoms. The zero-order chi connectivity index (χ0) is 11.0. The SMILES string of the molecule is CC(=O)NCCCCC(C=O)N(C)[13CH3]. The number of unbranched alkanes of at least 4 members (excludes halogenated alkanes) is 1. The van der Waals surface area contributed by atoms with Crippen molar-refractivity contribution in [2.24, 2.45) is 0 Å². The standard InChI is InChI=1S/C10H20N2O2/c1-9(14)11-7-5-4-6-10(8-13)12(2)3/h8,10H,4-7H2,1-3H3,(H,11,14)/i2+1. The quantitative estimate of drug-likeness (QED) is 0.369. The van der Waals surface area contributed by atoms with E-state index >= 15 is 0 Å². The molecule has 0 heterocycles. The van der Waals surface area contributed by atoms with E-state index < -0.39 is 0 Å². The second kappa shape index (κ2) is 7.50. The lowest BCUT2D eigenvalue weighted by molar-refractivity contribution is -0.119. The van der Waals surface area contributed by atoms with Crippen LogP contribution < -0.4 is 5.32 Å². The van der Waals surface area contributed by atoms with Crippen LogP contribution in [0.4, 0.5) is 0 Å². The number of carbonyl (C=O) groups is 2. The van der Waals surface area contributed by atoms with E-state index in [4.69, 9.17) is 0 Å². The van der Waals surface area contributed by atoms with Gasteiger partial charge in [-0.05, 0) is 33.4 Å². The maximum absolute atomic E-state index is 10.6. The zero-order valence-electron chi connectivity index (χ0n) is 9.25. The van der Waals surface area contributed by atoms with E-state index in [1.165, 1.54) is 6.92 Å². The third-order valence-corrected chi connectivity index (χ3v) is 2.12. The Kier molecular flexibility index (Phi) is 7.02. The monoisotopic (exact) mass is 201 g/mol. The van der Waals surface area contributed by atoms with Crippen LogP contribution in [-0.2, 0) is 9.59 Å². The van der Waals surface area contributed by atoms with Crippen LogP contribution in [-0.4, -0.2) is 43.8 Å². The molecule has 0 spiro atoms. The van der Waals surface area contributed by atoms with Crippen molar-refractivity contribution in [2.45, 2.75) is 32.2 Å². The number of carbonyl (C=O) groups excluding carboxylic acids is 2. The van der Waals surface area contributed by atoms with E-state index in [0.717, 1.165) is 25.5 Å². The van der Waals surface area contributed by atoms with Crippen molar-refractivity contribution < 1.29 is 9.59 Å². The molecule has 0 fully saturated rings. The van der Waals surface area contributed by atoms with Gasteiger partial charge in [-0.15, -0.1) is 0 Å². The fraction of sp³-hybridized carbons (Fsp3) is 0.800. The first-order valence-corrected chi connectivity index (χ1v) is 4.94. The Morgan fingerprint density at radius 3 is 2.50 bits per heavy atom. The van der Waals surface area contributed by atoms with Gasteiger partial charge < -0.3 is 15.0 Å². The van der Waals surface area contributed by atoms with Gasteiger partial charge in [-0.1, -0.05) is 0 Å². The highest BCUT2D eigenvalue weighted by Gasteiger charge is 2.08. The van der Waals surface area contributed by atoms with Crippen LogP contribution in [0.2, 0.25) is 0 Å². The molecule has 0 saturated heterocycles. The lowest BCUT2D eigenvalue weighted by atomic mass is 10.1. The Morgan fingerprint density at radius 1 is 1.43 bits per heavy atom. The highest BCUT2D eigenvalue weighted by Crippen LogP contribution is 2.02. The van der Waals surface area contributed by atoms with E-state index in [1.807, 2.05) is 19.0 Å². The van der Waals surface area contributed by atoms with Crippen molar-refractivity contribution in [2.75, 3.05) is 20.6 Å². The van der Waals surface area contributed by atoms with E-state index in [-0.39, 0.29) is 11.9 Å². The summed E-state index contributed by atoms with van der Waals surface area (Å²) < 4.78 is 0. The predicted octanol–water partition coefficient (Wildman–Crippen LogP) is 0.422. The summed E-state index contributed by atoms with van der Waals surface area (Å²) in [7, 11) is 3.79. The Bertz CT molecular complexity index is 181. The number of likely N-dealkylation sites (N-methyl/N-ethyl adjacent to an activating group) is 1. The van der Waals surface area contributed by atoms with Gasteiger partial charge >= 0.3 is 0 Å². The minimum Gasteiger partial charge on any atom is -0.356 e. The molecule has 1 atom stereocenters. The van der Waals surface area contributed by atoms with Gasteiger partial charge in [0.15, 0.2) is 0 Å². The van der Waals surface area contributed by atoms with Gasteiger partial charge in [0.2, 0.25) is 5.91 Å². The molecule has 0 rings (SSSR count). The van der Waals surface area contributed by atoms with Gasteiger partial charge in [0, 0.05) is 13.5 Å². The average Bonchev–Trinajstić information content (AvgIpc) is 2.10. The smallest absolute Gasteiger partial charge is 0.216 e. The molecule has 0 aliphatic heterocycles. The molecule has 0 aromatic heterocycles. The molecule has 1 amide bonds. The van der Waals surface area contributed by atoms with Crippen LogP contribution in [0.15, 0.2) is 0 Å². The molecule has 0 aliphatic carbocycles. The lowest BCUT2D eigenvalue weighted by Gasteiger charge is -2.17. The van der Waals surface area contributed by atoms with Crippen LogP contribution in [0, 0.1) is 0 Å². The first-order valence-electron chi connectivity index (χ1n) is 4.94. The third kappa shape index (κ3) is 6.60. The van der Waals surface area contributed by atoms with E-state index in [2.05, 4.69) is 5.32 Å². The van der Waals surface area contributed by atoms with E-state index in [9.17, 15) is 9.59 Å². The van der Waals surface area contributed by atoms with Crippen LogP contribution in [0.3, 0.4) is 0 Å². The maximum atomic E-state index is 10.6. The van der Waals surface area contributed by atoms with Crippen molar-refractivity contribution in [3.8, 4) is 0 Å². The summed E-state index contributed by atoms with van der Waals surface area (Å²) in [4.78, 5) is 23.0. The van der Waals surface area contributed by atoms with E-state index in [1.54, 1.807) is 0 Å². The van der Waals surface area contributed by atoms with Crippen molar-refractivity contribution >= 4 is 12.2 Å². The largest absolute Gasteiger partial charge is 0.356 e. The van der Waals surface area contributed by atoms with Gasteiger partial charge in [-0.2, -0.15) is 0 Å². The van der Waals surface area contributed by atoms with Gasteiger partial charge in [-0.25, -0.2) is 0 Å². The summed E-state index contributed by atoms with van der Waals surface area (Å²) in [5.41, 5.74) is 0. The summed E-state index contributed by atoms with van der Waals surface area (Å²) in [6.07, 6.45) is 3.72. The number of nitrogens with one attached hydrogen (secondary N) is 1. The fourth-order valence-corrected chi connectivity index (χ4v) is 1.19. The molecule has 0 radical (unpaired) electrons. The number of nitrogens with zero attached hydrogens (tertiary/aromatic N) is 1. The van der Waals surface area contributed by atoms with Crippen molar-refractivity contribution in [1.82, 2.24) is 10.2 Å². The molecule has 0 saturated carbocycles. The summed E-state index contributed by atoms with van der Waals surface area (Å²) >= 11 is 0. The molecule has 14 heavy (non-hydrogen) atoms. The number of hydrogen-bond donors (Lipinski definition) is 1. The van der Waals surface area contributed by atoms with Crippen LogP contribution in [0.5, 0.6) is 0 Å². The number of hydrogen-bond acceptors (Lipinski definition) is 3. The van der Waals surface area contributed by atoms with Gasteiger partial charge in [-0.3, -0.25) is 4.79 Å². The second-order valence-electron chi connectivity index (χ2n) is 3.65. The molecular weight excluding hydrogens is 181 g/mol. The number of aldehydes is 1. The Morgan fingerprint density at radius 2 is 2.07 bits per heavy atom. The van der Waals surface area contributed by atoms with Crippen molar-refractivity contribution in [1.29, 1.82) is 0 Å². The Labute approximate surface area is 85.7 Å². The first-order chi connectivity index (χ1) is 6.57. The maximum Gasteiger partial charge on any atom is 0.216 e. The minimum atomic E-state index is 0.00421. The molecule has 1 unspecified atom stereocenters. The van der Waals surface area contributed by atoms with Crippen molar-refractivity contribution in [3.05, 3.63) is 0 Å². The molecular formula is C10H20N2O2. The molecule has 0 aromatic rings. The highest BCUT2D eigenvalue weighted by molar-refractivity contribution is 5.72. The first kappa shape index (κ1) is 13.1. The predicted molar refractivity (Wildman–Crippen MR) is 56.1 cm³/mol. The molecule has 0 aliphatic rings. The summed E-state index contributed by atoms with van der Waals surface area (Å²) in [6.45, 7) is 2.21. The summed E-state index contributed by atoms with van der Waals surface area (Å²) in [6, 6.07) is 0.00679. The third-order valence-electron chi connectivity index (χ3n) is 2.12. The zero-order valence-corrected chi connectivity index (χ0v) is 9.25. The molecule has 0 aromatic carbocycles. The fourth-order valence-electron chi connectivity index (χ4n) is 1.19. The lowest BCUT2D eigenvalue weighted by Crippen LogP contribution is -2.29. The summed E-state index contributed by atoms with van der Waals surface area (Å²) in [5.74, 6) is 0.00421. The van der Waals surface area contributed by atoms with Crippen molar-refractivity contribution in [3.63, 3.8) is 0 Å². The molecule has 82 valence electrons.